The van der Waals surface area contributed by atoms with E-state index in [9.17, 15) is 0 Å². The summed E-state index contributed by atoms with van der Waals surface area (Å²) in [5.41, 5.74) is 12.5. The summed E-state index contributed by atoms with van der Waals surface area (Å²) in [6, 6.07) is 64.4. The molecule has 5 nitrogen and oxygen atoms in total. The Morgan fingerprint density at radius 3 is 1.53 bits per heavy atom. The van der Waals surface area contributed by atoms with Gasteiger partial charge in [0.15, 0.2) is 17.5 Å². The molecule has 1 aliphatic rings. The monoisotopic (exact) mass is 738 g/mol. The number of furan rings is 1. The van der Waals surface area contributed by atoms with Gasteiger partial charge in [0.2, 0.25) is 0 Å². The quantitative estimate of drug-likeness (QED) is 0.180. The summed E-state index contributed by atoms with van der Waals surface area (Å²) in [7, 11) is 0. The van der Waals surface area contributed by atoms with Crippen molar-refractivity contribution in [2.45, 2.75) is 0 Å². The number of para-hydroxylation sites is 3. The van der Waals surface area contributed by atoms with Gasteiger partial charge in [0.1, 0.15) is 11.2 Å². The van der Waals surface area contributed by atoms with Crippen molar-refractivity contribution in [3.05, 3.63) is 182 Å². The van der Waals surface area contributed by atoms with Crippen molar-refractivity contribution in [1.82, 2.24) is 19.5 Å². The average molecular weight is 739 g/mol. The third-order valence-corrected chi connectivity index (χ3v) is 12.0. The second-order valence-corrected chi connectivity index (χ2v) is 15.1. The minimum absolute atomic E-state index is 0.554. The zero-order valence-electron chi connectivity index (χ0n) is 31.0. The highest BCUT2D eigenvalue weighted by Crippen LogP contribution is 2.50. The molecule has 0 saturated heterocycles. The van der Waals surface area contributed by atoms with Crippen LogP contribution in [0, 0.1) is 0 Å². The molecule has 3 heterocycles. The highest BCUT2D eigenvalue weighted by molar-refractivity contribution is 6.27. The molecular formula is C53H30N4O. The minimum atomic E-state index is 0.554. The second-order valence-electron chi connectivity index (χ2n) is 15.1. The van der Waals surface area contributed by atoms with E-state index in [1.807, 2.05) is 18.2 Å². The van der Waals surface area contributed by atoms with Gasteiger partial charge in [-0.2, -0.15) is 0 Å². The van der Waals surface area contributed by atoms with E-state index in [2.05, 4.69) is 168 Å². The van der Waals surface area contributed by atoms with Crippen LogP contribution >= 0.6 is 0 Å². The number of hydrogen-bond acceptors (Lipinski definition) is 4. The summed E-state index contributed by atoms with van der Waals surface area (Å²) in [6.07, 6.45) is 0. The molecule has 9 aromatic carbocycles. The molecule has 0 amide bonds. The van der Waals surface area contributed by atoms with E-state index < -0.39 is 0 Å². The average Bonchev–Trinajstić information content (AvgIpc) is 3.81. The van der Waals surface area contributed by atoms with Crippen LogP contribution in [0.1, 0.15) is 0 Å². The number of hydrogen-bond donors (Lipinski definition) is 0. The van der Waals surface area contributed by atoms with Crippen molar-refractivity contribution in [3.8, 4) is 62.1 Å². The Morgan fingerprint density at radius 2 is 0.793 bits per heavy atom. The molecule has 5 heteroatoms. The second kappa shape index (κ2) is 11.8. The molecule has 0 spiro atoms. The Morgan fingerprint density at radius 1 is 0.328 bits per heavy atom. The van der Waals surface area contributed by atoms with Crippen LogP contribution in [0.4, 0.5) is 0 Å². The van der Waals surface area contributed by atoms with Gasteiger partial charge >= 0.3 is 0 Å². The van der Waals surface area contributed by atoms with Crippen molar-refractivity contribution in [1.29, 1.82) is 0 Å². The normalized spacial score (nSPS) is 12.1. The van der Waals surface area contributed by atoms with Crippen LogP contribution < -0.4 is 0 Å². The molecular weight excluding hydrogens is 709 g/mol. The molecule has 0 unspecified atom stereocenters. The molecule has 12 aromatic rings. The van der Waals surface area contributed by atoms with Crippen LogP contribution in [0.5, 0.6) is 0 Å². The first-order valence-corrected chi connectivity index (χ1v) is 19.6. The number of fused-ring (bicyclic) bond motifs is 6. The molecule has 0 fully saturated rings. The van der Waals surface area contributed by atoms with E-state index in [1.165, 1.54) is 43.8 Å². The standard InChI is InChI=1S/C53H30N4O/c1-2-17-33-31(13-1)14-7-25-40(33)51-54-52(56-53(55-51)42-26-10-24-39-34-18-4-6-30-46(34)58-50(39)42)41-19-3-5-27-43(41)57-44-28-11-22-37-35-20-8-15-32-16-9-21-36(47(32)35)38-23-12-29-45(57)49(38)48(37)44/h1-30H. The van der Waals surface area contributed by atoms with Gasteiger partial charge in [-0.25, -0.2) is 15.0 Å². The van der Waals surface area contributed by atoms with Gasteiger partial charge in [0.25, 0.3) is 0 Å². The predicted molar refractivity (Wildman–Crippen MR) is 237 cm³/mol. The van der Waals surface area contributed by atoms with Crippen molar-refractivity contribution in [2.75, 3.05) is 0 Å². The summed E-state index contributed by atoms with van der Waals surface area (Å²) >= 11 is 0. The third kappa shape index (κ3) is 4.33. The van der Waals surface area contributed by atoms with E-state index in [-0.39, 0.29) is 0 Å². The van der Waals surface area contributed by atoms with Gasteiger partial charge in [-0.05, 0) is 80.2 Å². The highest BCUT2D eigenvalue weighted by atomic mass is 16.3. The fourth-order valence-electron chi connectivity index (χ4n) is 9.55. The van der Waals surface area contributed by atoms with Gasteiger partial charge in [-0.1, -0.05) is 146 Å². The van der Waals surface area contributed by atoms with Crippen LogP contribution in [0.3, 0.4) is 0 Å². The van der Waals surface area contributed by atoms with Crippen molar-refractivity contribution in [3.63, 3.8) is 0 Å². The number of nitrogens with zero attached hydrogens (tertiary/aromatic N) is 4. The minimum Gasteiger partial charge on any atom is -0.455 e. The van der Waals surface area contributed by atoms with Crippen molar-refractivity contribution < 1.29 is 4.42 Å². The highest BCUT2D eigenvalue weighted by Gasteiger charge is 2.26. The van der Waals surface area contributed by atoms with Crippen LogP contribution in [-0.2, 0) is 0 Å². The van der Waals surface area contributed by atoms with E-state index in [1.54, 1.807) is 0 Å². The fraction of sp³-hybridized carbons (Fsp3) is 0. The molecule has 268 valence electrons. The lowest BCUT2D eigenvalue weighted by Gasteiger charge is -2.16. The van der Waals surface area contributed by atoms with Crippen molar-refractivity contribution >= 4 is 65.3 Å². The molecule has 0 N–H and O–H groups in total. The van der Waals surface area contributed by atoms with Gasteiger partial charge in [0, 0.05) is 32.7 Å². The van der Waals surface area contributed by atoms with Crippen molar-refractivity contribution in [2.24, 2.45) is 0 Å². The van der Waals surface area contributed by atoms with E-state index >= 15 is 0 Å². The third-order valence-electron chi connectivity index (χ3n) is 12.0. The molecule has 0 saturated carbocycles. The number of benzene rings is 9. The molecule has 0 bridgehead atoms. The largest absolute Gasteiger partial charge is 0.455 e. The van der Waals surface area contributed by atoms with Gasteiger partial charge in [0.05, 0.1) is 22.3 Å². The zero-order valence-corrected chi connectivity index (χ0v) is 31.0. The molecule has 0 radical (unpaired) electrons. The fourth-order valence-corrected chi connectivity index (χ4v) is 9.55. The first kappa shape index (κ1) is 31.3. The Labute approximate surface area is 332 Å². The maximum absolute atomic E-state index is 6.56. The Balaban J connectivity index is 1.11. The van der Waals surface area contributed by atoms with E-state index in [0.29, 0.717) is 17.5 Å². The summed E-state index contributed by atoms with van der Waals surface area (Å²) in [6.45, 7) is 0. The Kier molecular flexibility index (Phi) is 6.38. The van der Waals surface area contributed by atoms with E-state index in [4.69, 9.17) is 19.4 Å². The van der Waals surface area contributed by atoms with Gasteiger partial charge < -0.3 is 8.98 Å². The van der Waals surface area contributed by atoms with Crippen LogP contribution in [-0.4, -0.2) is 19.5 Å². The first-order chi connectivity index (χ1) is 28.8. The molecule has 13 rings (SSSR count). The predicted octanol–water partition coefficient (Wildman–Crippen LogP) is 13.8. The maximum atomic E-state index is 6.56. The lowest BCUT2D eigenvalue weighted by atomic mass is 9.93. The first-order valence-electron chi connectivity index (χ1n) is 19.6. The lowest BCUT2D eigenvalue weighted by Crippen LogP contribution is -2.04. The number of rotatable bonds is 4. The number of aromatic nitrogens is 4. The molecule has 0 aliphatic heterocycles. The summed E-state index contributed by atoms with van der Waals surface area (Å²) in [4.78, 5) is 16.0. The smallest absolute Gasteiger partial charge is 0.167 e. The van der Waals surface area contributed by atoms with Crippen LogP contribution in [0.15, 0.2) is 186 Å². The molecule has 1 aliphatic carbocycles. The summed E-state index contributed by atoms with van der Waals surface area (Å²) < 4.78 is 8.96. The molecule has 3 aromatic heterocycles. The Bertz CT molecular complexity index is 3600. The Hall–Kier alpha value is -7.89. The SMILES string of the molecule is c1ccc(-n2c3cccc4c3c3c(cccc32)-c2cccc3cccc-4c23)c(-c2nc(-c3cccc4ccccc34)nc(-c3cccc4c3oc3ccccc34)n2)c1. The maximum Gasteiger partial charge on any atom is 0.167 e. The summed E-state index contributed by atoms with van der Waals surface area (Å²) in [5.74, 6) is 1.74. The zero-order chi connectivity index (χ0) is 37.9. The summed E-state index contributed by atoms with van der Waals surface area (Å²) in [5, 5.41) is 9.33. The van der Waals surface area contributed by atoms with Crippen LogP contribution in [0.25, 0.3) is 127 Å². The van der Waals surface area contributed by atoms with E-state index in [0.717, 1.165) is 66.1 Å². The molecule has 58 heavy (non-hydrogen) atoms. The lowest BCUT2D eigenvalue weighted by molar-refractivity contribution is 0.669. The van der Waals surface area contributed by atoms with Crippen LogP contribution in [0.2, 0.25) is 0 Å². The van der Waals surface area contributed by atoms with Gasteiger partial charge in [-0.3, -0.25) is 0 Å². The van der Waals surface area contributed by atoms with Gasteiger partial charge in [-0.15, -0.1) is 0 Å². The topological polar surface area (TPSA) is 56.7 Å². The molecule has 0 atom stereocenters.